The Balaban J connectivity index is 1.15. The van der Waals surface area contributed by atoms with E-state index in [2.05, 4.69) is 33.4 Å². The summed E-state index contributed by atoms with van der Waals surface area (Å²) in [7, 11) is 0. The average molecular weight is 1090 g/mol. The largest absolute Gasteiger partial charge is 0.507 e. The molecule has 4 aromatic rings. The molecule has 1 saturated carbocycles. The van der Waals surface area contributed by atoms with E-state index in [-0.39, 0.29) is 70.0 Å². The Morgan fingerprint density at radius 1 is 0.949 bits per heavy atom. The first-order valence-corrected chi connectivity index (χ1v) is 25.9. The summed E-state index contributed by atoms with van der Waals surface area (Å²) in [6, 6.07) is 6.60. The number of benzene rings is 2. The fourth-order valence-electron chi connectivity index (χ4n) is 12.9. The minimum atomic E-state index is -3.89. The first kappa shape index (κ1) is 52.5. The van der Waals surface area contributed by atoms with E-state index < -0.39 is 125 Å². The van der Waals surface area contributed by atoms with Gasteiger partial charge >= 0.3 is 11.9 Å². The van der Waals surface area contributed by atoms with Crippen LogP contribution < -0.4 is 20.8 Å². The molecular formula is C56H55N3O20. The summed E-state index contributed by atoms with van der Waals surface area (Å²) >= 11 is 0. The lowest BCUT2D eigenvalue weighted by molar-refractivity contribution is -0.399. The smallest absolute Gasteiger partial charge is 0.354 e. The third kappa shape index (κ3) is 7.53. The van der Waals surface area contributed by atoms with Crippen molar-refractivity contribution in [2.45, 2.75) is 142 Å². The SMILES string of the molecule is CCC1=C([C@@H]2C=C3Cc4[nH]ccc4C#CC[C@]4(O)[C@H](O)[C@@H](O)[C@@]3(Oc3cc5oc(-c6cc(O)c(O)c(CCO)c6)cc(=O)c5c(O)c32)O[C@@]42CC#C[C@]3(C(=O)O)O[C@H](OC2=O)[C@H](O)[C@@H](O)C3(O)O)C=C2C(N1)N[C@@H]1CCC[C@H]2C1. The molecule has 1 unspecified atom stereocenters. The molecule has 2 spiro atoms. The molecule has 9 heterocycles. The second kappa shape index (κ2) is 18.4. The molecule has 0 amide bonds. The van der Waals surface area contributed by atoms with Crippen molar-refractivity contribution < 1.29 is 94.2 Å². The van der Waals surface area contributed by atoms with E-state index in [0.29, 0.717) is 28.9 Å². The number of dihydropyridines is 1. The topological polar surface area (TPSA) is 384 Å². The first-order chi connectivity index (χ1) is 37.6. The number of aliphatic hydroxyl groups is 8. The van der Waals surface area contributed by atoms with Crippen molar-refractivity contribution in [3.05, 3.63) is 104 Å². The highest BCUT2D eigenvalue weighted by Crippen LogP contribution is 2.57. The van der Waals surface area contributed by atoms with Crippen LogP contribution in [0.1, 0.15) is 80.2 Å². The number of H-pyrrole nitrogens is 1. The summed E-state index contributed by atoms with van der Waals surface area (Å²) in [6.07, 6.45) is -6.85. The monoisotopic (exact) mass is 1090 g/mol. The molecule has 2 aliphatic carbocycles. The number of carbonyl (C=O) groups excluding carboxylic acids is 1. The number of piperidine rings is 1. The molecule has 13 atom stereocenters. The van der Waals surface area contributed by atoms with Gasteiger partial charge in [0.05, 0.1) is 12.6 Å². The number of hydrogen-bond donors (Lipinski definition) is 15. The van der Waals surface area contributed by atoms with Crippen LogP contribution in [0, 0.1) is 29.6 Å². The van der Waals surface area contributed by atoms with Gasteiger partial charge in [-0.2, -0.15) is 0 Å². The van der Waals surface area contributed by atoms with Gasteiger partial charge in [-0.05, 0) is 73.3 Å². The highest BCUT2D eigenvalue weighted by atomic mass is 16.8. The van der Waals surface area contributed by atoms with Gasteiger partial charge in [-0.3, -0.25) is 10.1 Å². The zero-order valence-corrected chi connectivity index (χ0v) is 42.0. The van der Waals surface area contributed by atoms with Gasteiger partial charge in [0.25, 0.3) is 11.4 Å². The molecule has 6 bridgehead atoms. The number of allylic oxidation sites excluding steroid dienone is 4. The second-order valence-corrected chi connectivity index (χ2v) is 21.4. The van der Waals surface area contributed by atoms with Crippen molar-refractivity contribution in [1.82, 2.24) is 15.6 Å². The van der Waals surface area contributed by atoms with Crippen molar-refractivity contribution in [3.63, 3.8) is 0 Å². The van der Waals surface area contributed by atoms with Gasteiger partial charge < -0.3 is 94.9 Å². The number of rotatable bonds is 6. The molecule has 9 aliphatic rings. The Labute approximate surface area is 447 Å². The van der Waals surface area contributed by atoms with Gasteiger partial charge in [0.15, 0.2) is 23.0 Å². The van der Waals surface area contributed by atoms with E-state index in [9.17, 15) is 70.9 Å². The summed E-state index contributed by atoms with van der Waals surface area (Å²) in [5, 5.41) is 145. The maximum Gasteiger partial charge on any atom is 0.354 e. The van der Waals surface area contributed by atoms with Crippen molar-refractivity contribution in [1.29, 1.82) is 0 Å². The number of fused-ring (bicyclic) bond motifs is 10. The molecule has 7 aliphatic heterocycles. The number of aliphatic hydroxyl groups excluding tert-OH is 5. The van der Waals surface area contributed by atoms with Gasteiger partial charge in [0.1, 0.15) is 52.1 Å². The zero-order chi connectivity index (χ0) is 55.9. The van der Waals surface area contributed by atoms with Gasteiger partial charge in [0.2, 0.25) is 17.7 Å². The van der Waals surface area contributed by atoms with Gasteiger partial charge in [-0.1, -0.05) is 43.3 Å². The van der Waals surface area contributed by atoms with Crippen LogP contribution in [0.5, 0.6) is 23.0 Å². The standard InChI is InChI=1S/C56H55N3O20/c1-2-33-31(21-30-25-6-3-8-29(17-25)58-48(30)59-33)32-19-28-20-34-24(9-14-57-34)7-4-11-52(72)46(67)47(68)55(28,79-54(52)13-5-12-53(50(69)70)56(73,74)45(66)44(65)49(78-53)76-51(54)71)77-39-23-38-41(43(64)40(32)39)35(61)22-37(75-38)27-16-26(10-15-60)42(63)36(62)18-27/h9,14,16,18-19,21-23,25,29,32,44-49,57-60,62-68,72-74H,2-3,6,8,10-11,13,15,17,20H2,1H3,(H,69,70)/t25-,29+,32-,44+,45+,46+,47+,48?,49-,52-,53+,54+,55-/m0/s1. The van der Waals surface area contributed by atoms with Crippen LogP contribution in [-0.4, -0.2) is 156 Å². The molecule has 0 radical (unpaired) electrons. The third-order valence-electron chi connectivity index (χ3n) is 17.0. The van der Waals surface area contributed by atoms with Crippen LogP contribution in [0.25, 0.3) is 22.3 Å². The maximum absolute atomic E-state index is 15.4. The summed E-state index contributed by atoms with van der Waals surface area (Å²) in [5.74, 6) is -4.31. The number of phenolic OH excluding ortho intramolecular Hbond substituents is 3. The van der Waals surface area contributed by atoms with E-state index in [1.807, 2.05) is 18.9 Å². The van der Waals surface area contributed by atoms with E-state index in [4.69, 9.17) is 23.4 Å². The number of carboxylic acids is 1. The number of aromatic hydroxyl groups is 3. The van der Waals surface area contributed by atoms with Gasteiger partial charge in [-0.25, -0.2) is 9.59 Å². The molecule has 3 saturated heterocycles. The summed E-state index contributed by atoms with van der Waals surface area (Å²) < 4.78 is 31.3. The number of esters is 1. The number of ether oxygens (including phenoxy) is 4. The molecule has 4 fully saturated rings. The Hall–Kier alpha value is -7.23. The van der Waals surface area contributed by atoms with Crippen LogP contribution in [0.2, 0.25) is 0 Å². The van der Waals surface area contributed by atoms with Crippen LogP contribution in [0.15, 0.2) is 80.3 Å². The fourth-order valence-corrected chi connectivity index (χ4v) is 12.9. The molecule has 15 N–H and O–H groups in total. The van der Waals surface area contributed by atoms with E-state index >= 15 is 4.79 Å². The predicted octanol–water partition coefficient (Wildman–Crippen LogP) is -0.0273. The van der Waals surface area contributed by atoms with Crippen molar-refractivity contribution >= 4 is 22.9 Å². The minimum Gasteiger partial charge on any atom is -0.507 e. The third-order valence-corrected chi connectivity index (χ3v) is 17.0. The number of aromatic amines is 1. The van der Waals surface area contributed by atoms with E-state index in [1.165, 1.54) is 12.1 Å². The van der Waals surface area contributed by atoms with Crippen LogP contribution in [0.3, 0.4) is 0 Å². The normalized spacial score (nSPS) is 34.9. The number of carbonyl (C=O) groups is 2. The highest BCUT2D eigenvalue weighted by molar-refractivity contribution is 5.90. The molecule has 2 aromatic heterocycles. The van der Waals surface area contributed by atoms with Crippen LogP contribution >= 0.6 is 0 Å². The summed E-state index contributed by atoms with van der Waals surface area (Å²) in [5.41, 5.74) is -8.28. The summed E-state index contributed by atoms with van der Waals surface area (Å²) in [6.45, 7) is 1.49. The molecule has 23 heteroatoms. The van der Waals surface area contributed by atoms with Crippen molar-refractivity contribution in [2.24, 2.45) is 5.92 Å². The lowest BCUT2D eigenvalue weighted by Crippen LogP contribution is -2.80. The Morgan fingerprint density at radius 3 is 2.51 bits per heavy atom. The van der Waals surface area contributed by atoms with Crippen molar-refractivity contribution in [2.75, 3.05) is 6.61 Å². The quantitative estimate of drug-likeness (QED) is 0.0396. The molecule has 2 aromatic carbocycles. The minimum absolute atomic E-state index is 0.0600. The zero-order valence-electron chi connectivity index (χ0n) is 42.0. The van der Waals surface area contributed by atoms with Gasteiger partial charge in [-0.15, -0.1) is 0 Å². The Bertz CT molecular complexity index is 3580. The Morgan fingerprint density at radius 2 is 1.75 bits per heavy atom. The number of aliphatic carboxylic acids is 1. The molecule has 13 rings (SSSR count). The lowest BCUT2D eigenvalue weighted by Gasteiger charge is -2.57. The molecular weight excluding hydrogens is 1030 g/mol. The summed E-state index contributed by atoms with van der Waals surface area (Å²) in [4.78, 5) is 46.1. The fraction of sp³-hybridized carbons (Fsp3) is 0.446. The lowest BCUT2D eigenvalue weighted by atomic mass is 9.67. The van der Waals surface area contributed by atoms with Crippen LogP contribution in [-0.2, 0) is 36.6 Å². The highest BCUT2D eigenvalue weighted by Gasteiger charge is 2.76. The molecule has 23 nitrogen and oxygen atoms in total. The number of phenols is 3. The molecule has 414 valence electrons. The number of aromatic nitrogens is 1. The van der Waals surface area contributed by atoms with Crippen molar-refractivity contribution in [3.8, 4) is 58.0 Å². The number of carboxylic acid groups (broad SMARTS) is 1. The average Bonchev–Trinajstić information content (AvgIpc) is 3.70. The number of hydrogen-bond acceptors (Lipinski definition) is 21. The molecule has 79 heavy (non-hydrogen) atoms. The maximum atomic E-state index is 15.4. The predicted molar refractivity (Wildman–Crippen MR) is 269 cm³/mol. The number of nitrogens with one attached hydrogen (secondary N) is 3. The van der Waals surface area contributed by atoms with E-state index in [1.54, 1.807) is 18.3 Å². The second-order valence-electron chi connectivity index (χ2n) is 21.4. The van der Waals surface area contributed by atoms with Crippen LogP contribution in [0.4, 0.5) is 0 Å². The Kier molecular flexibility index (Phi) is 12.2. The first-order valence-electron chi connectivity index (χ1n) is 25.9. The van der Waals surface area contributed by atoms with E-state index in [0.717, 1.165) is 43.4 Å². The van der Waals surface area contributed by atoms with Gasteiger partial charge in [0, 0.05) is 89.0 Å².